The molecule has 0 bridgehead atoms. The lowest BCUT2D eigenvalue weighted by atomic mass is 10.0. The van der Waals surface area contributed by atoms with Crippen molar-refractivity contribution in [2.75, 3.05) is 7.11 Å². The van der Waals surface area contributed by atoms with Gasteiger partial charge in [0.2, 0.25) is 0 Å². The van der Waals surface area contributed by atoms with Crippen LogP contribution < -0.4 is 5.73 Å². The van der Waals surface area contributed by atoms with Crippen LogP contribution in [0, 0.1) is 0 Å². The van der Waals surface area contributed by atoms with Gasteiger partial charge in [0.1, 0.15) is 0 Å². The highest BCUT2D eigenvalue weighted by Crippen LogP contribution is 2.09. The molecule has 2 N–H and O–H groups in total. The Hall–Kier alpha value is -0.870. The SMILES string of the molecule is CCCC(OC)C(N)Cc1ccn(C)n1. The summed E-state index contributed by atoms with van der Waals surface area (Å²) >= 11 is 0. The quantitative estimate of drug-likeness (QED) is 0.766. The van der Waals surface area contributed by atoms with E-state index in [4.69, 9.17) is 10.5 Å². The second-order valence-corrected chi connectivity index (χ2v) is 3.91. The van der Waals surface area contributed by atoms with E-state index in [2.05, 4.69) is 12.0 Å². The molecule has 1 aromatic rings. The molecule has 0 spiro atoms. The zero-order chi connectivity index (χ0) is 11.3. The predicted molar refractivity (Wildman–Crippen MR) is 60.6 cm³/mol. The van der Waals surface area contributed by atoms with Gasteiger partial charge in [-0.2, -0.15) is 5.10 Å². The van der Waals surface area contributed by atoms with Gasteiger partial charge in [-0.1, -0.05) is 13.3 Å². The van der Waals surface area contributed by atoms with Gasteiger partial charge in [-0.3, -0.25) is 4.68 Å². The van der Waals surface area contributed by atoms with Gasteiger partial charge in [-0.05, 0) is 12.5 Å². The van der Waals surface area contributed by atoms with Crippen LogP contribution in [0.3, 0.4) is 0 Å². The predicted octanol–water partition coefficient (Wildman–Crippen LogP) is 1.10. The minimum atomic E-state index is 0.0323. The van der Waals surface area contributed by atoms with Gasteiger partial charge in [-0.25, -0.2) is 0 Å². The third kappa shape index (κ3) is 3.64. The molecule has 15 heavy (non-hydrogen) atoms. The van der Waals surface area contributed by atoms with Crippen molar-refractivity contribution >= 4 is 0 Å². The molecule has 0 aliphatic carbocycles. The van der Waals surface area contributed by atoms with Crippen molar-refractivity contribution in [1.29, 1.82) is 0 Å². The fraction of sp³-hybridized carbons (Fsp3) is 0.727. The Morgan fingerprint density at radius 3 is 2.80 bits per heavy atom. The van der Waals surface area contributed by atoms with Crippen molar-refractivity contribution in [2.45, 2.75) is 38.3 Å². The van der Waals surface area contributed by atoms with Crippen molar-refractivity contribution in [1.82, 2.24) is 9.78 Å². The maximum absolute atomic E-state index is 6.08. The van der Waals surface area contributed by atoms with Crippen LogP contribution in [-0.2, 0) is 18.2 Å². The summed E-state index contributed by atoms with van der Waals surface area (Å²) in [5, 5.41) is 4.31. The summed E-state index contributed by atoms with van der Waals surface area (Å²) in [6.45, 7) is 2.14. The molecule has 0 saturated heterocycles. The molecule has 4 heteroatoms. The molecule has 86 valence electrons. The fourth-order valence-corrected chi connectivity index (χ4v) is 1.74. The van der Waals surface area contributed by atoms with Crippen molar-refractivity contribution in [3.05, 3.63) is 18.0 Å². The van der Waals surface area contributed by atoms with Crippen LogP contribution in [0.5, 0.6) is 0 Å². The van der Waals surface area contributed by atoms with Gasteiger partial charge in [0, 0.05) is 32.8 Å². The summed E-state index contributed by atoms with van der Waals surface area (Å²) in [7, 11) is 3.63. The van der Waals surface area contributed by atoms with E-state index in [0.29, 0.717) is 0 Å². The van der Waals surface area contributed by atoms with E-state index in [0.717, 1.165) is 25.0 Å². The molecular weight excluding hydrogens is 190 g/mol. The molecule has 1 rings (SSSR count). The van der Waals surface area contributed by atoms with E-state index in [1.165, 1.54) is 0 Å². The number of ether oxygens (including phenoxy) is 1. The number of aromatic nitrogens is 2. The Morgan fingerprint density at radius 1 is 1.60 bits per heavy atom. The summed E-state index contributed by atoms with van der Waals surface area (Å²) in [6.07, 6.45) is 4.94. The van der Waals surface area contributed by atoms with Crippen LogP contribution in [0.4, 0.5) is 0 Å². The normalized spacial score (nSPS) is 15.2. The van der Waals surface area contributed by atoms with E-state index < -0.39 is 0 Å². The number of rotatable bonds is 6. The first-order chi connectivity index (χ1) is 7.17. The maximum Gasteiger partial charge on any atom is 0.0725 e. The van der Waals surface area contributed by atoms with Gasteiger partial charge in [0.25, 0.3) is 0 Å². The first-order valence-electron chi connectivity index (χ1n) is 5.44. The molecule has 0 aliphatic rings. The zero-order valence-electron chi connectivity index (χ0n) is 9.81. The first-order valence-corrected chi connectivity index (χ1v) is 5.44. The Bertz CT molecular complexity index is 285. The lowest BCUT2D eigenvalue weighted by Crippen LogP contribution is -2.38. The Kier molecular flexibility index (Phi) is 4.78. The van der Waals surface area contributed by atoms with Crippen LogP contribution in [0.1, 0.15) is 25.5 Å². The van der Waals surface area contributed by atoms with Gasteiger partial charge in [-0.15, -0.1) is 0 Å². The highest BCUT2D eigenvalue weighted by molar-refractivity contribution is 5.01. The summed E-state index contributed by atoms with van der Waals surface area (Å²) < 4.78 is 7.17. The molecule has 1 aromatic heterocycles. The van der Waals surface area contributed by atoms with Gasteiger partial charge >= 0.3 is 0 Å². The molecule has 1 heterocycles. The van der Waals surface area contributed by atoms with Crippen LogP contribution in [0.2, 0.25) is 0 Å². The second-order valence-electron chi connectivity index (χ2n) is 3.91. The maximum atomic E-state index is 6.08. The Labute approximate surface area is 91.4 Å². The van der Waals surface area contributed by atoms with Crippen molar-refractivity contribution < 1.29 is 4.74 Å². The Balaban J connectivity index is 2.49. The van der Waals surface area contributed by atoms with E-state index in [9.17, 15) is 0 Å². The van der Waals surface area contributed by atoms with Crippen LogP contribution in [0.25, 0.3) is 0 Å². The fourth-order valence-electron chi connectivity index (χ4n) is 1.74. The van der Waals surface area contributed by atoms with Crippen molar-refractivity contribution in [3.63, 3.8) is 0 Å². The molecule has 4 nitrogen and oxygen atoms in total. The van der Waals surface area contributed by atoms with E-state index in [1.54, 1.807) is 11.8 Å². The van der Waals surface area contributed by atoms with E-state index >= 15 is 0 Å². The summed E-state index contributed by atoms with van der Waals surface area (Å²) in [5.74, 6) is 0. The Morgan fingerprint density at radius 2 is 2.33 bits per heavy atom. The smallest absolute Gasteiger partial charge is 0.0725 e. The molecule has 0 fully saturated rings. The topological polar surface area (TPSA) is 53.1 Å². The number of nitrogens with two attached hydrogens (primary N) is 1. The number of hydrogen-bond acceptors (Lipinski definition) is 3. The first kappa shape index (κ1) is 12.2. The van der Waals surface area contributed by atoms with Gasteiger partial charge in [0.15, 0.2) is 0 Å². The molecular formula is C11H21N3O. The largest absolute Gasteiger partial charge is 0.380 e. The third-order valence-electron chi connectivity index (χ3n) is 2.57. The standard InChI is InChI=1S/C11H21N3O/c1-4-5-11(15-3)10(12)8-9-6-7-14(2)13-9/h6-7,10-11H,4-5,8,12H2,1-3H3. The van der Waals surface area contributed by atoms with Crippen LogP contribution in [0.15, 0.2) is 12.3 Å². The van der Waals surface area contributed by atoms with Crippen molar-refractivity contribution in [3.8, 4) is 0 Å². The number of methoxy groups -OCH3 is 1. The molecule has 2 unspecified atom stereocenters. The molecule has 0 saturated carbocycles. The molecule has 0 amide bonds. The van der Waals surface area contributed by atoms with Crippen molar-refractivity contribution in [2.24, 2.45) is 12.8 Å². The molecule has 0 radical (unpaired) electrons. The summed E-state index contributed by atoms with van der Waals surface area (Å²) in [6, 6.07) is 2.03. The minimum Gasteiger partial charge on any atom is -0.380 e. The minimum absolute atomic E-state index is 0.0323. The number of nitrogens with zero attached hydrogens (tertiary/aromatic N) is 2. The second kappa shape index (κ2) is 5.88. The van der Waals surface area contributed by atoms with Gasteiger partial charge < -0.3 is 10.5 Å². The van der Waals surface area contributed by atoms with Crippen LogP contribution >= 0.6 is 0 Å². The van der Waals surface area contributed by atoms with Crippen LogP contribution in [-0.4, -0.2) is 29.0 Å². The summed E-state index contributed by atoms with van der Waals surface area (Å²) in [5.41, 5.74) is 7.11. The average Bonchev–Trinajstić information content (AvgIpc) is 2.60. The lowest BCUT2D eigenvalue weighted by molar-refractivity contribution is 0.0724. The third-order valence-corrected chi connectivity index (χ3v) is 2.57. The lowest BCUT2D eigenvalue weighted by Gasteiger charge is -2.21. The van der Waals surface area contributed by atoms with E-state index in [1.807, 2.05) is 19.3 Å². The van der Waals surface area contributed by atoms with Gasteiger partial charge in [0.05, 0.1) is 11.8 Å². The molecule has 0 aromatic carbocycles. The number of aryl methyl sites for hydroxylation is 1. The molecule has 0 aliphatic heterocycles. The average molecular weight is 211 g/mol. The molecule has 2 atom stereocenters. The highest BCUT2D eigenvalue weighted by atomic mass is 16.5. The summed E-state index contributed by atoms with van der Waals surface area (Å²) in [4.78, 5) is 0. The monoisotopic (exact) mass is 211 g/mol. The van der Waals surface area contributed by atoms with E-state index in [-0.39, 0.29) is 12.1 Å². The highest BCUT2D eigenvalue weighted by Gasteiger charge is 2.17. The zero-order valence-corrected chi connectivity index (χ0v) is 9.81. The number of hydrogen-bond donors (Lipinski definition) is 1.